The number of thiol groups is 2. The number of nitrogen functional groups attached to an aromatic ring is 2. The number of H-pyrrole nitrogens is 1. The summed E-state index contributed by atoms with van der Waals surface area (Å²) in [4.78, 5) is 30.7. The molecule has 23 heteroatoms. The van der Waals surface area contributed by atoms with Crippen molar-refractivity contribution in [1.29, 1.82) is 0 Å². The monoisotopic (exact) mass is 692 g/mol. The molecule has 2 aliphatic heterocycles. The van der Waals surface area contributed by atoms with Gasteiger partial charge in [-0.25, -0.2) is 19.3 Å². The topological polar surface area (TPSA) is 250 Å². The van der Waals surface area contributed by atoms with Gasteiger partial charge in [-0.3, -0.25) is 23.5 Å². The Balaban J connectivity index is 1.20. The van der Waals surface area contributed by atoms with Crippen molar-refractivity contribution in [2.45, 2.75) is 55.3 Å². The summed E-state index contributed by atoms with van der Waals surface area (Å²) < 4.78 is 67.0. The highest BCUT2D eigenvalue weighted by molar-refractivity contribution is 8.46. The Morgan fingerprint density at radius 3 is 2.80 bits per heavy atom. The number of fused-ring (bicyclic) bond motifs is 2. The van der Waals surface area contributed by atoms with Crippen molar-refractivity contribution in [3.63, 3.8) is 0 Å². The molecule has 18 nitrogen and oxygen atoms in total. The number of aliphatic hydroxyl groups excluding tert-OH is 1. The van der Waals surface area contributed by atoms with Gasteiger partial charge in [0.25, 0.3) is 12.1 Å². The molecule has 4 aromatic rings. The number of aliphatic hydroxyl groups is 1. The van der Waals surface area contributed by atoms with Crippen LogP contribution in [-0.4, -0.2) is 87.6 Å². The summed E-state index contributed by atoms with van der Waals surface area (Å²) in [5.74, 6) is -0.101. The minimum absolute atomic E-state index is 0.0487. The van der Waals surface area contributed by atoms with Crippen molar-refractivity contribution in [3.8, 4) is 0 Å². The second-order valence-corrected chi connectivity index (χ2v) is 15.6. The fraction of sp³-hybridized carbons (Fsp3) is 0.524. The molecule has 0 radical (unpaired) electrons. The van der Waals surface area contributed by atoms with Crippen LogP contribution in [0, 0.1) is 0 Å². The van der Waals surface area contributed by atoms with Gasteiger partial charge in [-0.15, -0.1) is 0 Å². The molecule has 6 rings (SSSR count). The van der Waals surface area contributed by atoms with Gasteiger partial charge in [0.05, 0.1) is 44.0 Å². The van der Waals surface area contributed by atoms with E-state index in [9.17, 15) is 19.0 Å². The normalized spacial score (nSPS) is 29.4. The summed E-state index contributed by atoms with van der Waals surface area (Å²) in [6.07, 6.45) is -2.39. The fourth-order valence-corrected chi connectivity index (χ4v) is 8.95. The predicted octanol–water partition coefficient (Wildman–Crippen LogP) is 1.08. The quantitative estimate of drug-likeness (QED) is 0.101. The number of hydrogen-bond acceptors (Lipinski definition) is 15. The van der Waals surface area contributed by atoms with E-state index in [0.717, 1.165) is 6.33 Å². The van der Waals surface area contributed by atoms with Gasteiger partial charge < -0.3 is 35.1 Å². The number of halogens is 1. The molecule has 0 spiro atoms. The van der Waals surface area contributed by atoms with Crippen LogP contribution in [0.4, 0.5) is 16.3 Å². The molecule has 44 heavy (non-hydrogen) atoms. The van der Waals surface area contributed by atoms with Crippen LogP contribution < -0.4 is 17.0 Å². The molecule has 6 N–H and O–H groups in total. The molecule has 4 aromatic heterocycles. The summed E-state index contributed by atoms with van der Waals surface area (Å²) in [5, 5.41) is 13.9. The number of alkyl halides is 1. The molecule has 238 valence electrons. The molecule has 2 fully saturated rings. The average Bonchev–Trinajstić information content (AvgIpc) is 3.73. The van der Waals surface area contributed by atoms with E-state index in [1.165, 1.54) is 21.6 Å². The van der Waals surface area contributed by atoms with Gasteiger partial charge >= 0.3 is 0 Å². The van der Waals surface area contributed by atoms with Crippen molar-refractivity contribution in [2.24, 2.45) is 0 Å². The first-order chi connectivity index (χ1) is 21.0. The second-order valence-electron chi connectivity index (χ2n) is 10.0. The number of aromatic nitrogens is 8. The molecule has 9 atom stereocenters. The number of nitrogens with zero attached hydrogens (tertiary/aromatic N) is 7. The lowest BCUT2D eigenvalue weighted by molar-refractivity contribution is -0.0322. The number of hydrogen-bond donors (Lipinski definition) is 6. The standard InChI is InChI=1S/C21H27FN10O8P2S2/c22-13-12(5-33)39-19(31-7-27-14-17(31)29-20(23)30-18(14)34)15(13)42(36,44)37-2-1-9-11(40-41(35)43)3-10(38-9)8-4-28-32-16(8)25-6-26-21(32)24/h4,6-7,9-13,15,19,33,41H,1-3,5H2,(H,35,43)(H,36,44)(H2,24,25,26)(H3,23,29,30,34)/t9-,10-,11+,12-,13-,15-,19-,42?/m1/s1. The molecule has 2 unspecified atom stereocenters. The summed E-state index contributed by atoms with van der Waals surface area (Å²) in [5.41, 5.74) is 10.2. The van der Waals surface area contributed by atoms with Crippen LogP contribution >= 0.6 is 38.3 Å². The zero-order valence-corrected chi connectivity index (χ0v) is 26.1. The Kier molecular flexibility index (Phi) is 8.77. The van der Waals surface area contributed by atoms with Crippen LogP contribution in [0.1, 0.15) is 30.7 Å². The number of ether oxygens (including phenoxy) is 2. The number of imidazole rings is 1. The van der Waals surface area contributed by atoms with Crippen LogP contribution in [0.2, 0.25) is 0 Å². The number of aromatic amines is 1. The first-order valence-corrected chi connectivity index (χ1v) is 18.5. The van der Waals surface area contributed by atoms with Crippen LogP contribution in [0.3, 0.4) is 0 Å². The van der Waals surface area contributed by atoms with Gasteiger partial charge in [-0.05, 0) is 0 Å². The maximum absolute atomic E-state index is 15.6. The van der Waals surface area contributed by atoms with Gasteiger partial charge in [0.2, 0.25) is 19.1 Å². The largest absolute Gasteiger partial charge is 0.394 e. The smallest absolute Gasteiger partial charge is 0.280 e. The van der Waals surface area contributed by atoms with E-state index in [2.05, 4.69) is 54.5 Å². The van der Waals surface area contributed by atoms with E-state index in [-0.39, 0.29) is 42.5 Å². The third-order valence-corrected chi connectivity index (χ3v) is 11.2. The number of anilines is 2. The Hall–Kier alpha value is -2.61. The Labute approximate surface area is 257 Å². The molecule has 0 aromatic carbocycles. The van der Waals surface area contributed by atoms with Crippen molar-refractivity contribution in [3.05, 3.63) is 34.8 Å². The SMILES string of the molecule is Nc1nc2c(ncn2[C@@H]2O[C@H](CO)[C@@H](F)[C@H]2P(=O)(S)OCC[C@H]2O[C@@H](c3cnn4c(N)ncnc34)C[C@@H]2O[PH](=O)S)c(=O)[nH]1. The number of nitrogens with one attached hydrogen (secondary N) is 1. The summed E-state index contributed by atoms with van der Waals surface area (Å²) in [6.45, 7) is -5.15. The Morgan fingerprint density at radius 1 is 1.25 bits per heavy atom. The lowest BCUT2D eigenvalue weighted by Gasteiger charge is -2.26. The first kappa shape index (κ1) is 31.4. The van der Waals surface area contributed by atoms with Gasteiger partial charge in [0.1, 0.15) is 24.3 Å². The highest BCUT2D eigenvalue weighted by Crippen LogP contribution is 2.64. The molecular formula is C21H27FN10O8P2S2. The molecule has 0 bridgehead atoms. The van der Waals surface area contributed by atoms with E-state index in [0.29, 0.717) is 11.2 Å². The summed E-state index contributed by atoms with van der Waals surface area (Å²) >= 11 is 8.14. The van der Waals surface area contributed by atoms with E-state index in [1.54, 1.807) is 0 Å². The van der Waals surface area contributed by atoms with Crippen LogP contribution in [0.25, 0.3) is 16.8 Å². The van der Waals surface area contributed by atoms with Crippen molar-refractivity contribution >= 4 is 67.0 Å². The third-order valence-electron chi connectivity index (χ3n) is 7.41. The van der Waals surface area contributed by atoms with Crippen molar-refractivity contribution < 1.29 is 37.1 Å². The van der Waals surface area contributed by atoms with E-state index in [4.69, 9.17) is 30.0 Å². The van der Waals surface area contributed by atoms with Crippen LogP contribution in [-0.2, 0) is 27.7 Å². The maximum atomic E-state index is 15.6. The second kappa shape index (κ2) is 12.3. The number of rotatable bonds is 10. The molecular weight excluding hydrogens is 665 g/mol. The zero-order chi connectivity index (χ0) is 31.3. The molecule has 2 aliphatic rings. The van der Waals surface area contributed by atoms with Gasteiger partial charge in [-0.2, -0.15) is 14.6 Å². The van der Waals surface area contributed by atoms with Crippen molar-refractivity contribution in [1.82, 2.24) is 39.1 Å². The van der Waals surface area contributed by atoms with Gasteiger partial charge in [-0.1, -0.05) is 24.5 Å². The van der Waals surface area contributed by atoms with E-state index < -0.39 is 68.4 Å². The third kappa shape index (κ3) is 5.76. The molecule has 0 amide bonds. The van der Waals surface area contributed by atoms with Crippen LogP contribution in [0.15, 0.2) is 23.6 Å². The van der Waals surface area contributed by atoms with E-state index in [1.807, 2.05) is 0 Å². The summed E-state index contributed by atoms with van der Waals surface area (Å²) in [6, 6.07) is 0. The highest BCUT2D eigenvalue weighted by atomic mass is 32.7. The Morgan fingerprint density at radius 2 is 2.05 bits per heavy atom. The maximum Gasteiger partial charge on any atom is 0.280 e. The first-order valence-electron chi connectivity index (χ1n) is 13.1. The molecule has 6 heterocycles. The van der Waals surface area contributed by atoms with Crippen molar-refractivity contribution in [2.75, 3.05) is 24.7 Å². The number of nitrogens with two attached hydrogens (primary N) is 2. The highest BCUT2D eigenvalue weighted by Gasteiger charge is 2.55. The fourth-order valence-electron chi connectivity index (χ4n) is 5.44. The van der Waals surface area contributed by atoms with Gasteiger partial charge in [0.15, 0.2) is 23.0 Å². The zero-order valence-electron chi connectivity index (χ0n) is 22.4. The molecule has 0 aliphatic carbocycles. The minimum atomic E-state index is -4.17. The molecule has 0 saturated carbocycles. The van der Waals surface area contributed by atoms with Crippen LogP contribution in [0.5, 0.6) is 0 Å². The van der Waals surface area contributed by atoms with Gasteiger partial charge in [0, 0.05) is 18.4 Å². The lowest BCUT2D eigenvalue weighted by atomic mass is 10.1. The lowest BCUT2D eigenvalue weighted by Crippen LogP contribution is -2.30. The minimum Gasteiger partial charge on any atom is -0.394 e. The van der Waals surface area contributed by atoms with E-state index >= 15 is 4.39 Å². The average molecular weight is 693 g/mol. The summed E-state index contributed by atoms with van der Waals surface area (Å²) in [7, 11) is -2.68. The predicted molar refractivity (Wildman–Crippen MR) is 160 cm³/mol. The molecule has 2 saturated heterocycles. The Bertz CT molecular complexity index is 1830.